The van der Waals surface area contributed by atoms with Crippen LogP contribution in [0.3, 0.4) is 0 Å². The predicted octanol–water partition coefficient (Wildman–Crippen LogP) is 3.53. The second-order valence-corrected chi connectivity index (χ2v) is 9.14. The molecule has 0 radical (unpaired) electrons. The van der Waals surface area contributed by atoms with Gasteiger partial charge in [-0.2, -0.15) is 0 Å². The van der Waals surface area contributed by atoms with Crippen LogP contribution in [-0.2, 0) is 21.4 Å². The van der Waals surface area contributed by atoms with Gasteiger partial charge in [0.05, 0.1) is 17.5 Å². The van der Waals surface area contributed by atoms with Crippen molar-refractivity contribution in [2.45, 2.75) is 31.3 Å². The number of anilines is 1. The molecular formula is C24H27N3O3S. The van der Waals surface area contributed by atoms with Gasteiger partial charge in [-0.05, 0) is 49.2 Å². The van der Waals surface area contributed by atoms with E-state index in [1.807, 2.05) is 73.3 Å². The van der Waals surface area contributed by atoms with E-state index in [-0.39, 0.29) is 23.4 Å². The normalized spacial score (nSPS) is 12.2. The Kier molecular flexibility index (Phi) is 7.09. The number of sulfonamides is 1. The Morgan fingerprint density at radius 1 is 0.968 bits per heavy atom. The van der Waals surface area contributed by atoms with Crippen molar-refractivity contribution in [1.82, 2.24) is 5.32 Å². The Morgan fingerprint density at radius 2 is 1.58 bits per heavy atom. The number of carbonyl (C=O) groups excluding carboxylic acids is 1. The molecule has 0 spiro atoms. The molecule has 0 aliphatic carbocycles. The van der Waals surface area contributed by atoms with Gasteiger partial charge in [0.2, 0.25) is 15.9 Å². The molecule has 0 aromatic heterocycles. The minimum Gasteiger partial charge on any atom is -0.358 e. The fourth-order valence-electron chi connectivity index (χ4n) is 3.29. The fraction of sp³-hybridized carbons (Fsp3) is 0.208. The van der Waals surface area contributed by atoms with Gasteiger partial charge in [0, 0.05) is 12.2 Å². The zero-order valence-electron chi connectivity index (χ0n) is 17.7. The van der Waals surface area contributed by atoms with Gasteiger partial charge in [0.1, 0.15) is 0 Å². The summed E-state index contributed by atoms with van der Waals surface area (Å²) >= 11 is 0. The summed E-state index contributed by atoms with van der Waals surface area (Å²) in [6, 6.07) is 24.0. The number of carbonyl (C=O) groups is 1. The summed E-state index contributed by atoms with van der Waals surface area (Å²) in [5.41, 5.74) is 4.03. The Hall–Kier alpha value is -3.16. The third-order valence-corrected chi connectivity index (χ3v) is 5.97. The molecule has 0 saturated carbocycles. The number of nitrogens with one attached hydrogen (secondary N) is 1. The van der Waals surface area contributed by atoms with Crippen molar-refractivity contribution in [3.05, 3.63) is 95.6 Å². The van der Waals surface area contributed by atoms with Gasteiger partial charge in [-0.3, -0.25) is 4.79 Å². The van der Waals surface area contributed by atoms with E-state index in [1.165, 1.54) is 12.1 Å². The molecule has 0 fully saturated rings. The van der Waals surface area contributed by atoms with Gasteiger partial charge < -0.3 is 10.2 Å². The second kappa shape index (κ2) is 9.76. The smallest absolute Gasteiger partial charge is 0.240 e. The molecule has 1 atom stereocenters. The van der Waals surface area contributed by atoms with Crippen molar-refractivity contribution in [2.75, 3.05) is 11.4 Å². The van der Waals surface area contributed by atoms with E-state index >= 15 is 0 Å². The summed E-state index contributed by atoms with van der Waals surface area (Å²) in [6.07, 6.45) is 0. The molecule has 7 heteroatoms. The van der Waals surface area contributed by atoms with Crippen LogP contribution in [-0.4, -0.2) is 20.9 Å². The monoisotopic (exact) mass is 437 g/mol. The van der Waals surface area contributed by atoms with Crippen LogP contribution in [0.5, 0.6) is 0 Å². The third kappa shape index (κ3) is 6.41. The molecular weight excluding hydrogens is 410 g/mol. The van der Waals surface area contributed by atoms with E-state index in [0.29, 0.717) is 6.54 Å². The quantitative estimate of drug-likeness (QED) is 0.564. The Morgan fingerprint density at radius 3 is 2.16 bits per heavy atom. The highest BCUT2D eigenvalue weighted by atomic mass is 32.2. The molecule has 0 saturated heterocycles. The maximum atomic E-state index is 12.8. The van der Waals surface area contributed by atoms with Gasteiger partial charge >= 0.3 is 0 Å². The first-order chi connectivity index (χ1) is 14.7. The average molecular weight is 438 g/mol. The SMILES string of the molecule is Cc1ccc(N(CC(=O)N[C@@H](C)c2ccc(S(N)(=O)=O)cc2)Cc2ccccc2)cc1. The number of benzene rings is 3. The van der Waals surface area contributed by atoms with Crippen molar-refractivity contribution in [1.29, 1.82) is 0 Å². The van der Waals surface area contributed by atoms with Gasteiger partial charge in [0.15, 0.2) is 0 Å². The highest BCUT2D eigenvalue weighted by Gasteiger charge is 2.16. The number of hydrogen-bond donors (Lipinski definition) is 2. The highest BCUT2D eigenvalue weighted by molar-refractivity contribution is 7.89. The lowest BCUT2D eigenvalue weighted by atomic mass is 10.1. The Balaban J connectivity index is 1.71. The van der Waals surface area contributed by atoms with Crippen LogP contribution in [0.25, 0.3) is 0 Å². The van der Waals surface area contributed by atoms with Gasteiger partial charge in [0.25, 0.3) is 0 Å². The molecule has 0 unspecified atom stereocenters. The summed E-state index contributed by atoms with van der Waals surface area (Å²) in [7, 11) is -3.74. The molecule has 3 rings (SSSR count). The van der Waals surface area contributed by atoms with Crippen LogP contribution in [0.15, 0.2) is 83.8 Å². The lowest BCUT2D eigenvalue weighted by Crippen LogP contribution is -2.38. The standard InChI is InChI=1S/C24H27N3O3S/c1-18-8-12-22(13-9-18)27(16-20-6-4-3-5-7-20)17-24(28)26-19(2)21-10-14-23(15-11-21)31(25,29)30/h3-15,19H,16-17H2,1-2H3,(H,26,28)(H2,25,29,30)/t19-/m0/s1. The van der Waals surface area contributed by atoms with Crippen molar-refractivity contribution in [3.63, 3.8) is 0 Å². The number of nitrogens with two attached hydrogens (primary N) is 1. The maximum absolute atomic E-state index is 12.8. The van der Waals surface area contributed by atoms with E-state index in [1.54, 1.807) is 12.1 Å². The zero-order chi connectivity index (χ0) is 22.4. The van der Waals surface area contributed by atoms with Crippen molar-refractivity contribution in [3.8, 4) is 0 Å². The summed E-state index contributed by atoms with van der Waals surface area (Å²) in [6.45, 7) is 4.68. The molecule has 3 aromatic rings. The van der Waals surface area contributed by atoms with Crippen molar-refractivity contribution in [2.24, 2.45) is 5.14 Å². The Bertz CT molecular complexity index is 1110. The fourth-order valence-corrected chi connectivity index (χ4v) is 3.80. The molecule has 31 heavy (non-hydrogen) atoms. The average Bonchev–Trinajstić information content (AvgIpc) is 2.74. The lowest BCUT2D eigenvalue weighted by molar-refractivity contribution is -0.120. The summed E-state index contributed by atoms with van der Waals surface area (Å²) in [5, 5.41) is 8.13. The topological polar surface area (TPSA) is 92.5 Å². The van der Waals surface area contributed by atoms with E-state index in [2.05, 4.69) is 5.32 Å². The molecule has 1 amide bonds. The molecule has 0 heterocycles. The molecule has 3 aromatic carbocycles. The van der Waals surface area contributed by atoms with Gasteiger partial charge in [-0.1, -0.05) is 60.2 Å². The maximum Gasteiger partial charge on any atom is 0.240 e. The lowest BCUT2D eigenvalue weighted by Gasteiger charge is -2.26. The van der Waals surface area contributed by atoms with Crippen LogP contribution >= 0.6 is 0 Å². The largest absolute Gasteiger partial charge is 0.358 e. The number of amides is 1. The van der Waals surface area contributed by atoms with Crippen LogP contribution in [0.2, 0.25) is 0 Å². The first-order valence-electron chi connectivity index (χ1n) is 10.00. The third-order valence-electron chi connectivity index (χ3n) is 5.04. The second-order valence-electron chi connectivity index (χ2n) is 7.58. The van der Waals surface area contributed by atoms with Gasteiger partial charge in [-0.15, -0.1) is 0 Å². The number of rotatable bonds is 8. The predicted molar refractivity (Wildman–Crippen MR) is 123 cm³/mol. The molecule has 162 valence electrons. The summed E-state index contributed by atoms with van der Waals surface area (Å²) in [4.78, 5) is 14.9. The molecule has 0 bridgehead atoms. The number of aryl methyl sites for hydroxylation is 1. The Labute approximate surface area is 183 Å². The number of hydrogen-bond acceptors (Lipinski definition) is 4. The first kappa shape index (κ1) is 22.5. The minimum atomic E-state index is -3.74. The van der Waals surface area contributed by atoms with E-state index in [9.17, 15) is 13.2 Å². The van der Waals surface area contributed by atoms with Crippen LogP contribution in [0.4, 0.5) is 5.69 Å². The van der Waals surface area contributed by atoms with Gasteiger partial charge in [-0.25, -0.2) is 13.6 Å². The van der Waals surface area contributed by atoms with E-state index in [0.717, 1.165) is 22.4 Å². The van der Waals surface area contributed by atoms with E-state index < -0.39 is 10.0 Å². The van der Waals surface area contributed by atoms with Crippen LogP contribution in [0, 0.1) is 6.92 Å². The summed E-state index contributed by atoms with van der Waals surface area (Å²) in [5.74, 6) is -0.125. The molecule has 0 aliphatic heterocycles. The zero-order valence-corrected chi connectivity index (χ0v) is 18.5. The highest BCUT2D eigenvalue weighted by Crippen LogP contribution is 2.19. The first-order valence-corrected chi connectivity index (χ1v) is 11.5. The van der Waals surface area contributed by atoms with Crippen molar-refractivity contribution < 1.29 is 13.2 Å². The summed E-state index contributed by atoms with van der Waals surface area (Å²) < 4.78 is 22.8. The van der Waals surface area contributed by atoms with Crippen LogP contribution in [0.1, 0.15) is 29.7 Å². The van der Waals surface area contributed by atoms with E-state index in [4.69, 9.17) is 5.14 Å². The van der Waals surface area contributed by atoms with Crippen LogP contribution < -0.4 is 15.4 Å². The molecule has 6 nitrogen and oxygen atoms in total. The molecule has 0 aliphatic rings. The van der Waals surface area contributed by atoms with Crippen molar-refractivity contribution >= 4 is 21.6 Å². The number of primary sulfonamides is 1. The minimum absolute atomic E-state index is 0.0446. The molecule has 3 N–H and O–H groups in total. The number of nitrogens with zero attached hydrogens (tertiary/aromatic N) is 1.